The van der Waals surface area contributed by atoms with Crippen molar-refractivity contribution in [2.24, 2.45) is 0 Å². The molecule has 0 saturated carbocycles. The molecular weight excluding hydrogens is 242 g/mol. The van der Waals surface area contributed by atoms with E-state index in [0.717, 1.165) is 6.07 Å². The van der Waals surface area contributed by atoms with E-state index in [4.69, 9.17) is 0 Å². The number of piperidine rings is 1. The van der Waals surface area contributed by atoms with Crippen molar-refractivity contribution < 1.29 is 18.4 Å². The fraction of sp³-hybridized carbons (Fsp3) is 0.333. The highest BCUT2D eigenvalue weighted by molar-refractivity contribution is 5.94. The van der Waals surface area contributed by atoms with Crippen molar-refractivity contribution in [1.82, 2.24) is 10.6 Å². The molecule has 18 heavy (non-hydrogen) atoms. The summed E-state index contributed by atoms with van der Waals surface area (Å²) in [5.41, 5.74) is -0.327. The first-order chi connectivity index (χ1) is 8.58. The summed E-state index contributed by atoms with van der Waals surface area (Å²) >= 11 is 0. The number of halogens is 2. The summed E-state index contributed by atoms with van der Waals surface area (Å²) in [5.74, 6) is -2.96. The van der Waals surface area contributed by atoms with Gasteiger partial charge in [-0.1, -0.05) is 6.07 Å². The first-order valence-electron chi connectivity index (χ1n) is 5.59. The van der Waals surface area contributed by atoms with Gasteiger partial charge in [-0.3, -0.25) is 9.59 Å². The average Bonchev–Trinajstić information content (AvgIpc) is 2.35. The Morgan fingerprint density at radius 1 is 1.39 bits per heavy atom. The third-order valence-electron chi connectivity index (χ3n) is 2.80. The maximum atomic E-state index is 13.4. The fourth-order valence-corrected chi connectivity index (χ4v) is 1.80. The first kappa shape index (κ1) is 12.5. The lowest BCUT2D eigenvalue weighted by Crippen LogP contribution is -2.47. The van der Waals surface area contributed by atoms with Gasteiger partial charge < -0.3 is 10.6 Å². The van der Waals surface area contributed by atoms with Gasteiger partial charge in [0.15, 0.2) is 11.6 Å². The Labute approximate surface area is 102 Å². The van der Waals surface area contributed by atoms with Crippen LogP contribution in [0.3, 0.4) is 0 Å². The zero-order chi connectivity index (χ0) is 13.1. The molecule has 96 valence electrons. The highest BCUT2D eigenvalue weighted by Crippen LogP contribution is 2.12. The van der Waals surface area contributed by atoms with Gasteiger partial charge in [0.05, 0.1) is 5.56 Å². The number of hydrogen-bond acceptors (Lipinski definition) is 2. The Bertz CT molecular complexity index is 481. The molecule has 1 fully saturated rings. The van der Waals surface area contributed by atoms with Crippen molar-refractivity contribution in [3.63, 3.8) is 0 Å². The van der Waals surface area contributed by atoms with E-state index in [1.165, 1.54) is 12.1 Å². The third-order valence-corrected chi connectivity index (χ3v) is 2.80. The van der Waals surface area contributed by atoms with E-state index in [9.17, 15) is 18.4 Å². The maximum Gasteiger partial charge on any atom is 0.254 e. The second-order valence-electron chi connectivity index (χ2n) is 4.11. The fourth-order valence-electron chi connectivity index (χ4n) is 1.80. The molecule has 4 nitrogen and oxygen atoms in total. The number of nitrogens with one attached hydrogen (secondary N) is 2. The van der Waals surface area contributed by atoms with Crippen LogP contribution in [0.1, 0.15) is 23.2 Å². The Morgan fingerprint density at radius 3 is 2.83 bits per heavy atom. The predicted octanol–water partition coefficient (Wildman–Crippen LogP) is 0.973. The molecule has 0 aliphatic carbocycles. The molecule has 0 bridgehead atoms. The third kappa shape index (κ3) is 2.64. The van der Waals surface area contributed by atoms with Crippen LogP contribution in [0, 0.1) is 11.6 Å². The number of carbonyl (C=O) groups is 2. The van der Waals surface area contributed by atoms with Crippen molar-refractivity contribution in [2.75, 3.05) is 6.54 Å². The average molecular weight is 254 g/mol. The standard InChI is InChI=1S/C12H12F2N2O2/c13-9-3-1-2-8(11(9)14)12(18)16-7-4-5-10(17)15-6-7/h1-3,7H,4-6H2,(H,15,17)(H,16,18). The molecule has 0 radical (unpaired) electrons. The molecule has 2 amide bonds. The van der Waals surface area contributed by atoms with Crippen molar-refractivity contribution in [2.45, 2.75) is 18.9 Å². The van der Waals surface area contributed by atoms with Crippen LogP contribution in [0.2, 0.25) is 0 Å². The topological polar surface area (TPSA) is 58.2 Å². The van der Waals surface area contributed by atoms with Crippen LogP contribution < -0.4 is 10.6 Å². The maximum absolute atomic E-state index is 13.4. The molecule has 1 atom stereocenters. The molecular formula is C12H12F2N2O2. The molecule has 0 spiro atoms. The number of amides is 2. The van der Waals surface area contributed by atoms with Crippen LogP contribution in [0.15, 0.2) is 18.2 Å². The van der Waals surface area contributed by atoms with Gasteiger partial charge in [-0.05, 0) is 18.6 Å². The summed E-state index contributed by atoms with van der Waals surface area (Å²) in [4.78, 5) is 22.7. The van der Waals surface area contributed by atoms with Crippen molar-refractivity contribution in [1.29, 1.82) is 0 Å². The summed E-state index contributed by atoms with van der Waals surface area (Å²) < 4.78 is 26.3. The van der Waals surface area contributed by atoms with Gasteiger partial charge in [-0.2, -0.15) is 0 Å². The second kappa shape index (κ2) is 5.12. The Kier molecular flexibility index (Phi) is 3.55. The van der Waals surface area contributed by atoms with Gasteiger partial charge in [-0.25, -0.2) is 8.78 Å². The Balaban J connectivity index is 2.03. The Hall–Kier alpha value is -1.98. The molecule has 1 saturated heterocycles. The quantitative estimate of drug-likeness (QED) is 0.826. The molecule has 0 aromatic heterocycles. The van der Waals surface area contributed by atoms with Crippen LogP contribution in [-0.2, 0) is 4.79 Å². The SMILES string of the molecule is O=C1CCC(NC(=O)c2cccc(F)c2F)CN1. The van der Waals surface area contributed by atoms with E-state index in [-0.39, 0.29) is 17.5 Å². The highest BCUT2D eigenvalue weighted by atomic mass is 19.2. The molecule has 1 aromatic rings. The van der Waals surface area contributed by atoms with E-state index in [1.807, 2.05) is 0 Å². The molecule has 6 heteroatoms. The molecule has 1 aliphatic rings. The van der Waals surface area contributed by atoms with Crippen molar-refractivity contribution in [3.8, 4) is 0 Å². The monoisotopic (exact) mass is 254 g/mol. The first-order valence-corrected chi connectivity index (χ1v) is 5.59. The van der Waals surface area contributed by atoms with Gasteiger partial charge in [0.1, 0.15) is 0 Å². The summed E-state index contributed by atoms with van der Waals surface area (Å²) in [6, 6.07) is 3.19. The molecule has 1 aliphatic heterocycles. The predicted molar refractivity (Wildman–Crippen MR) is 59.9 cm³/mol. The molecule has 2 N–H and O–H groups in total. The zero-order valence-electron chi connectivity index (χ0n) is 9.50. The van der Waals surface area contributed by atoms with Gasteiger partial charge in [0.2, 0.25) is 5.91 Å². The van der Waals surface area contributed by atoms with Gasteiger partial charge in [-0.15, -0.1) is 0 Å². The molecule has 1 unspecified atom stereocenters. The van der Waals surface area contributed by atoms with Crippen LogP contribution in [0.4, 0.5) is 8.78 Å². The van der Waals surface area contributed by atoms with Crippen LogP contribution in [0.25, 0.3) is 0 Å². The van der Waals surface area contributed by atoms with E-state index in [2.05, 4.69) is 10.6 Å². The lowest BCUT2D eigenvalue weighted by Gasteiger charge is -2.23. The van der Waals surface area contributed by atoms with E-state index in [1.54, 1.807) is 0 Å². The minimum atomic E-state index is -1.16. The van der Waals surface area contributed by atoms with Gasteiger partial charge >= 0.3 is 0 Å². The molecule has 1 aromatic carbocycles. The van der Waals surface area contributed by atoms with E-state index in [0.29, 0.717) is 19.4 Å². The van der Waals surface area contributed by atoms with Crippen molar-refractivity contribution >= 4 is 11.8 Å². The van der Waals surface area contributed by atoms with E-state index < -0.39 is 17.5 Å². The van der Waals surface area contributed by atoms with Crippen LogP contribution >= 0.6 is 0 Å². The summed E-state index contributed by atoms with van der Waals surface area (Å²) in [6.07, 6.45) is 0.811. The molecule has 1 heterocycles. The minimum Gasteiger partial charge on any atom is -0.354 e. The summed E-state index contributed by atoms with van der Waals surface area (Å²) in [6.45, 7) is 0.307. The Morgan fingerprint density at radius 2 is 2.17 bits per heavy atom. The lowest BCUT2D eigenvalue weighted by atomic mass is 10.1. The molecule has 2 rings (SSSR count). The number of carbonyl (C=O) groups excluding carboxylic acids is 2. The number of hydrogen-bond donors (Lipinski definition) is 2. The normalized spacial score (nSPS) is 19.2. The van der Waals surface area contributed by atoms with Crippen LogP contribution in [0.5, 0.6) is 0 Å². The minimum absolute atomic E-state index is 0.0718. The summed E-state index contributed by atoms with van der Waals surface area (Å²) in [7, 11) is 0. The highest BCUT2D eigenvalue weighted by Gasteiger charge is 2.22. The van der Waals surface area contributed by atoms with Crippen molar-refractivity contribution in [3.05, 3.63) is 35.4 Å². The number of benzene rings is 1. The van der Waals surface area contributed by atoms with Crippen LogP contribution in [-0.4, -0.2) is 24.4 Å². The smallest absolute Gasteiger partial charge is 0.254 e. The largest absolute Gasteiger partial charge is 0.354 e. The second-order valence-corrected chi connectivity index (χ2v) is 4.11. The van der Waals surface area contributed by atoms with Gasteiger partial charge in [0.25, 0.3) is 5.91 Å². The number of rotatable bonds is 2. The zero-order valence-corrected chi connectivity index (χ0v) is 9.50. The summed E-state index contributed by atoms with van der Waals surface area (Å²) in [5, 5.41) is 5.16. The van der Waals surface area contributed by atoms with Gasteiger partial charge in [0, 0.05) is 19.0 Å². The van der Waals surface area contributed by atoms with E-state index >= 15 is 0 Å². The lowest BCUT2D eigenvalue weighted by molar-refractivity contribution is -0.122.